The van der Waals surface area contributed by atoms with Crippen LogP contribution in [-0.4, -0.2) is 46.1 Å². The first-order chi connectivity index (χ1) is 14.5. The lowest BCUT2D eigenvalue weighted by atomic mass is 9.86. The van der Waals surface area contributed by atoms with Crippen molar-refractivity contribution in [2.45, 2.75) is 38.1 Å². The second-order valence-electron chi connectivity index (χ2n) is 7.49. The number of ether oxygens (including phenoxy) is 1. The third-order valence-corrected chi connectivity index (χ3v) is 5.43. The Hall–Kier alpha value is -3.30. The number of pyridine rings is 1. The Balaban J connectivity index is 1.52. The molecule has 1 saturated carbocycles. The van der Waals surface area contributed by atoms with Gasteiger partial charge >= 0.3 is 6.09 Å². The van der Waals surface area contributed by atoms with Gasteiger partial charge in [0.2, 0.25) is 11.9 Å². The van der Waals surface area contributed by atoms with E-state index in [1.165, 1.54) is 4.90 Å². The molecule has 0 aromatic carbocycles. The molecule has 0 radical (unpaired) electrons. The van der Waals surface area contributed by atoms with E-state index in [2.05, 4.69) is 20.3 Å². The van der Waals surface area contributed by atoms with E-state index in [0.717, 1.165) is 19.0 Å². The summed E-state index contributed by atoms with van der Waals surface area (Å²) in [6, 6.07) is 5.08. The molecular formula is C20H23FN6O3. The van der Waals surface area contributed by atoms with Crippen LogP contribution in [0.2, 0.25) is 0 Å². The van der Waals surface area contributed by atoms with Crippen LogP contribution < -0.4 is 16.0 Å². The van der Waals surface area contributed by atoms with Gasteiger partial charge in [-0.1, -0.05) is 6.07 Å². The number of carbonyl (C=O) groups excluding carboxylic acids is 2. The normalized spacial score (nSPS) is 21.8. The minimum Gasteiger partial charge on any atom is -0.449 e. The largest absolute Gasteiger partial charge is 0.449 e. The van der Waals surface area contributed by atoms with Crippen molar-refractivity contribution >= 4 is 23.8 Å². The summed E-state index contributed by atoms with van der Waals surface area (Å²) < 4.78 is 19.5. The molecule has 2 fully saturated rings. The minimum atomic E-state index is -0.608. The SMILES string of the molecule is NC(=O)[C@H]1CC[C@H](Nc2ncc(F)c(-c3cccc(N4CCCOC4=O)n3)n2)CC1. The van der Waals surface area contributed by atoms with Crippen LogP contribution in [0.15, 0.2) is 24.4 Å². The Morgan fingerprint density at radius 3 is 2.77 bits per heavy atom. The number of aromatic nitrogens is 3. The second-order valence-corrected chi connectivity index (χ2v) is 7.49. The summed E-state index contributed by atoms with van der Waals surface area (Å²) in [5, 5.41) is 3.21. The molecule has 1 aliphatic heterocycles. The number of hydrogen-bond donors (Lipinski definition) is 2. The number of cyclic esters (lactones) is 1. The van der Waals surface area contributed by atoms with Gasteiger partial charge in [-0.25, -0.2) is 24.1 Å². The summed E-state index contributed by atoms with van der Waals surface area (Å²) in [6.45, 7) is 0.869. The zero-order valence-corrected chi connectivity index (χ0v) is 16.4. The van der Waals surface area contributed by atoms with Crippen LogP contribution in [0.4, 0.5) is 21.0 Å². The predicted octanol–water partition coefficient (Wildman–Crippen LogP) is 2.48. The Morgan fingerprint density at radius 2 is 2.03 bits per heavy atom. The molecule has 2 amide bonds. The quantitative estimate of drug-likeness (QED) is 0.770. The van der Waals surface area contributed by atoms with Crippen LogP contribution in [0, 0.1) is 11.7 Å². The van der Waals surface area contributed by atoms with Crippen molar-refractivity contribution in [3.8, 4) is 11.4 Å². The Labute approximate surface area is 172 Å². The monoisotopic (exact) mass is 414 g/mol. The van der Waals surface area contributed by atoms with Crippen LogP contribution in [0.25, 0.3) is 11.4 Å². The van der Waals surface area contributed by atoms with E-state index < -0.39 is 11.9 Å². The molecule has 0 unspecified atom stereocenters. The van der Waals surface area contributed by atoms with E-state index in [-0.39, 0.29) is 23.6 Å². The molecule has 4 rings (SSSR count). The number of nitrogens with zero attached hydrogens (tertiary/aromatic N) is 4. The third-order valence-electron chi connectivity index (χ3n) is 5.43. The first kappa shape index (κ1) is 20.0. The highest BCUT2D eigenvalue weighted by atomic mass is 19.1. The average molecular weight is 414 g/mol. The molecule has 0 spiro atoms. The number of nitrogens with two attached hydrogens (primary N) is 1. The van der Waals surface area contributed by atoms with E-state index >= 15 is 0 Å². The summed E-state index contributed by atoms with van der Waals surface area (Å²) >= 11 is 0. The number of halogens is 1. The molecule has 2 aromatic heterocycles. The highest BCUT2D eigenvalue weighted by Crippen LogP contribution is 2.27. The molecule has 0 bridgehead atoms. The maximum absolute atomic E-state index is 14.5. The summed E-state index contributed by atoms with van der Waals surface area (Å²) in [7, 11) is 0. The average Bonchev–Trinajstić information content (AvgIpc) is 2.76. The Kier molecular flexibility index (Phi) is 5.73. The zero-order chi connectivity index (χ0) is 21.1. The second kappa shape index (κ2) is 8.60. The smallest absolute Gasteiger partial charge is 0.415 e. The first-order valence-electron chi connectivity index (χ1n) is 10.0. The fourth-order valence-corrected chi connectivity index (χ4v) is 3.79. The third kappa shape index (κ3) is 4.32. The molecule has 2 aliphatic rings. The van der Waals surface area contributed by atoms with Gasteiger partial charge in [0.1, 0.15) is 11.5 Å². The van der Waals surface area contributed by atoms with E-state index in [4.69, 9.17) is 10.5 Å². The predicted molar refractivity (Wildman–Crippen MR) is 107 cm³/mol. The van der Waals surface area contributed by atoms with Crippen molar-refractivity contribution in [1.29, 1.82) is 0 Å². The van der Waals surface area contributed by atoms with Gasteiger partial charge in [0, 0.05) is 18.5 Å². The standard InChI is InChI=1S/C20H23FN6O3/c21-14-11-23-19(24-13-7-5-12(6-8-13)18(22)28)26-17(14)15-3-1-4-16(25-15)27-9-2-10-30-20(27)29/h1,3-4,11-13H,2,5-10H2,(H2,22,28)(H,23,24,26)/t12-,13-. The summed E-state index contributed by atoms with van der Waals surface area (Å²) in [6.07, 6.45) is 4.26. The lowest BCUT2D eigenvalue weighted by Gasteiger charge is -2.27. The maximum atomic E-state index is 14.5. The van der Waals surface area contributed by atoms with Crippen molar-refractivity contribution in [1.82, 2.24) is 15.0 Å². The highest BCUT2D eigenvalue weighted by Gasteiger charge is 2.26. The van der Waals surface area contributed by atoms with E-state index in [0.29, 0.717) is 49.9 Å². The fourth-order valence-electron chi connectivity index (χ4n) is 3.79. The summed E-state index contributed by atoms with van der Waals surface area (Å²) in [5.74, 6) is -0.296. The number of carbonyl (C=O) groups is 2. The lowest BCUT2D eigenvalue weighted by Crippen LogP contribution is -2.38. The first-order valence-corrected chi connectivity index (χ1v) is 10.0. The van der Waals surface area contributed by atoms with Gasteiger partial charge in [0.25, 0.3) is 0 Å². The van der Waals surface area contributed by atoms with Gasteiger partial charge in [-0.15, -0.1) is 0 Å². The number of anilines is 2. The van der Waals surface area contributed by atoms with Crippen molar-refractivity contribution in [3.63, 3.8) is 0 Å². The van der Waals surface area contributed by atoms with Gasteiger partial charge in [-0.2, -0.15) is 0 Å². The molecule has 2 aromatic rings. The molecule has 10 heteroatoms. The molecule has 158 valence electrons. The number of amides is 2. The van der Waals surface area contributed by atoms with Crippen molar-refractivity contribution < 1.29 is 18.7 Å². The van der Waals surface area contributed by atoms with Crippen molar-refractivity contribution in [2.75, 3.05) is 23.4 Å². The Morgan fingerprint density at radius 1 is 1.23 bits per heavy atom. The van der Waals surface area contributed by atoms with Gasteiger partial charge in [-0.05, 0) is 44.2 Å². The van der Waals surface area contributed by atoms with Crippen LogP contribution >= 0.6 is 0 Å². The summed E-state index contributed by atoms with van der Waals surface area (Å²) in [4.78, 5) is 37.5. The number of primary amides is 1. The van der Waals surface area contributed by atoms with E-state index in [1.807, 2.05) is 0 Å². The van der Waals surface area contributed by atoms with Crippen LogP contribution in [-0.2, 0) is 9.53 Å². The van der Waals surface area contributed by atoms with Crippen LogP contribution in [0.1, 0.15) is 32.1 Å². The van der Waals surface area contributed by atoms with Gasteiger partial charge < -0.3 is 15.8 Å². The van der Waals surface area contributed by atoms with Crippen molar-refractivity contribution in [3.05, 3.63) is 30.2 Å². The molecule has 3 N–H and O–H groups in total. The molecule has 30 heavy (non-hydrogen) atoms. The van der Waals surface area contributed by atoms with E-state index in [9.17, 15) is 14.0 Å². The fraction of sp³-hybridized carbons (Fsp3) is 0.450. The number of nitrogens with one attached hydrogen (secondary N) is 1. The number of rotatable bonds is 5. The van der Waals surface area contributed by atoms with Gasteiger partial charge in [-0.3, -0.25) is 9.69 Å². The topological polar surface area (TPSA) is 123 Å². The zero-order valence-electron chi connectivity index (χ0n) is 16.4. The minimum absolute atomic E-state index is 0.0468. The summed E-state index contributed by atoms with van der Waals surface area (Å²) in [5.41, 5.74) is 5.72. The van der Waals surface area contributed by atoms with E-state index in [1.54, 1.807) is 18.2 Å². The number of hydrogen-bond acceptors (Lipinski definition) is 7. The molecule has 0 atom stereocenters. The van der Waals surface area contributed by atoms with Crippen LogP contribution in [0.5, 0.6) is 0 Å². The van der Waals surface area contributed by atoms with Crippen LogP contribution in [0.3, 0.4) is 0 Å². The van der Waals surface area contributed by atoms with Gasteiger partial charge in [0.05, 0.1) is 18.5 Å². The Bertz CT molecular complexity index is 948. The highest BCUT2D eigenvalue weighted by molar-refractivity contribution is 5.87. The molecule has 1 saturated heterocycles. The molecule has 1 aliphatic carbocycles. The van der Waals surface area contributed by atoms with Gasteiger partial charge in [0.15, 0.2) is 5.82 Å². The lowest BCUT2D eigenvalue weighted by molar-refractivity contribution is -0.122. The maximum Gasteiger partial charge on any atom is 0.415 e. The molecule has 3 heterocycles. The molecule has 9 nitrogen and oxygen atoms in total. The molecular weight excluding hydrogens is 391 g/mol. The van der Waals surface area contributed by atoms with Crippen molar-refractivity contribution in [2.24, 2.45) is 11.7 Å².